The van der Waals surface area contributed by atoms with E-state index in [0.717, 1.165) is 42.9 Å². The van der Waals surface area contributed by atoms with Crippen molar-refractivity contribution in [2.24, 2.45) is 0 Å². The van der Waals surface area contributed by atoms with Gasteiger partial charge in [-0.3, -0.25) is 4.79 Å². The molecule has 0 saturated carbocycles. The molecule has 4 nitrogen and oxygen atoms in total. The van der Waals surface area contributed by atoms with Crippen LogP contribution in [-0.4, -0.2) is 33.7 Å². The van der Waals surface area contributed by atoms with E-state index >= 15 is 0 Å². The lowest BCUT2D eigenvalue weighted by atomic mass is 10.1. The van der Waals surface area contributed by atoms with Crippen LogP contribution in [0.25, 0.3) is 16.9 Å². The summed E-state index contributed by atoms with van der Waals surface area (Å²) >= 11 is 6.01. The third kappa shape index (κ3) is 3.91. The largest absolute Gasteiger partial charge is 0.337 e. The first kappa shape index (κ1) is 17.8. The maximum atomic E-state index is 13.3. The van der Waals surface area contributed by atoms with Gasteiger partial charge in [0.1, 0.15) is 5.69 Å². The molecule has 0 aliphatic carbocycles. The number of carbonyl (C=O) groups is 1. The molecular formula is C22H22ClN3O. The highest BCUT2D eigenvalue weighted by Gasteiger charge is 2.23. The molecule has 1 aliphatic rings. The van der Waals surface area contributed by atoms with Gasteiger partial charge in [0, 0.05) is 23.7 Å². The number of amides is 1. The van der Waals surface area contributed by atoms with Gasteiger partial charge < -0.3 is 4.90 Å². The van der Waals surface area contributed by atoms with Gasteiger partial charge >= 0.3 is 0 Å². The molecule has 2 heterocycles. The minimum absolute atomic E-state index is 0.0495. The maximum absolute atomic E-state index is 13.3. The van der Waals surface area contributed by atoms with E-state index in [9.17, 15) is 4.79 Å². The second-order valence-corrected chi connectivity index (χ2v) is 7.31. The lowest BCUT2D eigenvalue weighted by Gasteiger charge is -2.20. The summed E-state index contributed by atoms with van der Waals surface area (Å²) in [5, 5.41) is 5.43. The molecule has 4 rings (SSSR count). The molecule has 1 aromatic heterocycles. The van der Waals surface area contributed by atoms with E-state index in [1.807, 2.05) is 65.6 Å². The number of carbonyl (C=O) groups excluding carboxylic acids is 1. The smallest absolute Gasteiger partial charge is 0.272 e. The lowest BCUT2D eigenvalue weighted by molar-refractivity contribution is 0.0752. The molecule has 27 heavy (non-hydrogen) atoms. The van der Waals surface area contributed by atoms with Crippen LogP contribution in [0.2, 0.25) is 5.02 Å². The van der Waals surface area contributed by atoms with Crippen LogP contribution in [0.1, 0.15) is 36.2 Å². The van der Waals surface area contributed by atoms with E-state index < -0.39 is 0 Å². The Morgan fingerprint density at radius 3 is 2.22 bits per heavy atom. The van der Waals surface area contributed by atoms with Crippen LogP contribution in [0.5, 0.6) is 0 Å². The fourth-order valence-corrected chi connectivity index (χ4v) is 3.62. The third-order valence-corrected chi connectivity index (χ3v) is 5.21. The number of hydrogen-bond acceptors (Lipinski definition) is 2. The zero-order valence-corrected chi connectivity index (χ0v) is 15.9. The van der Waals surface area contributed by atoms with Crippen LogP contribution in [0.3, 0.4) is 0 Å². The van der Waals surface area contributed by atoms with Gasteiger partial charge in [-0.1, -0.05) is 54.8 Å². The summed E-state index contributed by atoms with van der Waals surface area (Å²) < 4.78 is 1.76. The zero-order chi connectivity index (χ0) is 18.6. The van der Waals surface area contributed by atoms with E-state index in [-0.39, 0.29) is 5.91 Å². The molecular weight excluding hydrogens is 358 g/mol. The van der Waals surface area contributed by atoms with E-state index in [2.05, 4.69) is 0 Å². The van der Waals surface area contributed by atoms with Crippen molar-refractivity contribution in [2.75, 3.05) is 13.1 Å². The standard InChI is InChI=1S/C22H22ClN3O/c23-18-12-10-17(11-13-18)20-16-21(22(27)25-14-6-1-2-7-15-25)26(24-20)19-8-4-3-5-9-19/h3-5,8-13,16H,1-2,6-7,14-15H2. The lowest BCUT2D eigenvalue weighted by Crippen LogP contribution is -2.33. The molecule has 0 spiro atoms. The summed E-state index contributed by atoms with van der Waals surface area (Å²) in [5.41, 5.74) is 3.21. The summed E-state index contributed by atoms with van der Waals surface area (Å²) in [4.78, 5) is 15.3. The Hall–Kier alpha value is -2.59. The number of benzene rings is 2. The summed E-state index contributed by atoms with van der Waals surface area (Å²) in [6, 6.07) is 19.3. The van der Waals surface area contributed by atoms with E-state index in [1.54, 1.807) is 4.68 Å². The van der Waals surface area contributed by atoms with Crippen LogP contribution in [0, 0.1) is 0 Å². The number of rotatable bonds is 3. The Kier molecular flexibility index (Phi) is 5.26. The van der Waals surface area contributed by atoms with Gasteiger partial charge in [-0.15, -0.1) is 0 Å². The SMILES string of the molecule is O=C(c1cc(-c2ccc(Cl)cc2)nn1-c1ccccc1)N1CCCCCC1. The van der Waals surface area contributed by atoms with Crippen molar-refractivity contribution in [3.05, 3.63) is 71.4 Å². The third-order valence-electron chi connectivity index (χ3n) is 4.96. The number of nitrogens with zero attached hydrogens (tertiary/aromatic N) is 3. The monoisotopic (exact) mass is 379 g/mol. The van der Waals surface area contributed by atoms with Crippen LogP contribution in [-0.2, 0) is 0 Å². The van der Waals surface area contributed by atoms with Crippen molar-refractivity contribution in [3.63, 3.8) is 0 Å². The molecule has 1 fully saturated rings. The Balaban J connectivity index is 1.76. The van der Waals surface area contributed by atoms with E-state index in [0.29, 0.717) is 10.7 Å². The molecule has 0 N–H and O–H groups in total. The summed E-state index contributed by atoms with van der Waals surface area (Å²) in [6.45, 7) is 1.63. The molecule has 0 bridgehead atoms. The number of aromatic nitrogens is 2. The number of hydrogen-bond donors (Lipinski definition) is 0. The second kappa shape index (κ2) is 7.97. The molecule has 1 aliphatic heterocycles. The molecule has 0 radical (unpaired) electrons. The van der Waals surface area contributed by atoms with Crippen molar-refractivity contribution in [3.8, 4) is 16.9 Å². The van der Waals surface area contributed by atoms with Gasteiger partial charge in [0.25, 0.3) is 5.91 Å². The van der Waals surface area contributed by atoms with Gasteiger partial charge in [0.15, 0.2) is 0 Å². The molecule has 0 atom stereocenters. The Bertz CT molecular complexity index is 910. The zero-order valence-electron chi connectivity index (χ0n) is 15.1. The summed E-state index contributed by atoms with van der Waals surface area (Å²) in [5.74, 6) is 0.0495. The van der Waals surface area contributed by atoms with Crippen molar-refractivity contribution in [1.29, 1.82) is 0 Å². The van der Waals surface area contributed by atoms with Gasteiger partial charge in [0.05, 0.1) is 11.4 Å². The maximum Gasteiger partial charge on any atom is 0.272 e. The number of likely N-dealkylation sites (tertiary alicyclic amines) is 1. The van der Waals surface area contributed by atoms with E-state index in [1.165, 1.54) is 12.8 Å². The fourth-order valence-electron chi connectivity index (χ4n) is 3.50. The minimum atomic E-state index is 0.0495. The van der Waals surface area contributed by atoms with Crippen molar-refractivity contribution < 1.29 is 4.79 Å². The average Bonchev–Trinajstić information content (AvgIpc) is 2.96. The van der Waals surface area contributed by atoms with Gasteiger partial charge in [-0.25, -0.2) is 4.68 Å². The molecule has 0 unspecified atom stereocenters. The van der Waals surface area contributed by atoms with Gasteiger partial charge in [-0.2, -0.15) is 5.10 Å². The van der Waals surface area contributed by atoms with Crippen LogP contribution in [0.4, 0.5) is 0 Å². The van der Waals surface area contributed by atoms with Crippen molar-refractivity contribution in [1.82, 2.24) is 14.7 Å². The topological polar surface area (TPSA) is 38.1 Å². The first-order valence-electron chi connectivity index (χ1n) is 9.43. The highest BCUT2D eigenvalue weighted by molar-refractivity contribution is 6.30. The highest BCUT2D eigenvalue weighted by atomic mass is 35.5. The molecule has 5 heteroatoms. The first-order chi connectivity index (χ1) is 13.2. The summed E-state index contributed by atoms with van der Waals surface area (Å²) in [7, 11) is 0. The Morgan fingerprint density at radius 1 is 0.889 bits per heavy atom. The Morgan fingerprint density at radius 2 is 1.56 bits per heavy atom. The first-order valence-corrected chi connectivity index (χ1v) is 9.81. The molecule has 1 saturated heterocycles. The number of para-hydroxylation sites is 1. The predicted octanol–water partition coefficient (Wildman–Crippen LogP) is 5.21. The minimum Gasteiger partial charge on any atom is -0.337 e. The second-order valence-electron chi connectivity index (χ2n) is 6.88. The fraction of sp³-hybridized carbons (Fsp3) is 0.273. The molecule has 3 aromatic rings. The quantitative estimate of drug-likeness (QED) is 0.626. The molecule has 138 valence electrons. The predicted molar refractivity (Wildman–Crippen MR) is 108 cm³/mol. The molecule has 2 aromatic carbocycles. The van der Waals surface area contributed by atoms with Crippen molar-refractivity contribution >= 4 is 17.5 Å². The van der Waals surface area contributed by atoms with E-state index in [4.69, 9.17) is 16.7 Å². The van der Waals surface area contributed by atoms with Crippen LogP contribution >= 0.6 is 11.6 Å². The Labute approximate surface area is 164 Å². The van der Waals surface area contributed by atoms with Gasteiger partial charge in [-0.05, 0) is 43.2 Å². The summed E-state index contributed by atoms with van der Waals surface area (Å²) in [6.07, 6.45) is 4.51. The van der Waals surface area contributed by atoms with Crippen LogP contribution in [0.15, 0.2) is 60.7 Å². The van der Waals surface area contributed by atoms with Crippen LogP contribution < -0.4 is 0 Å². The van der Waals surface area contributed by atoms with Gasteiger partial charge in [0.2, 0.25) is 0 Å². The van der Waals surface area contributed by atoms with Crippen molar-refractivity contribution in [2.45, 2.75) is 25.7 Å². The number of halogens is 1. The molecule has 1 amide bonds. The average molecular weight is 380 g/mol. The normalized spacial score (nSPS) is 14.8. The highest BCUT2D eigenvalue weighted by Crippen LogP contribution is 2.25.